The van der Waals surface area contributed by atoms with E-state index in [1.54, 1.807) is 0 Å². The molecule has 0 spiro atoms. The van der Waals surface area contributed by atoms with Crippen molar-refractivity contribution >= 4 is 10.1 Å². The van der Waals surface area contributed by atoms with E-state index in [0.717, 1.165) is 38.5 Å². The average Bonchev–Trinajstić information content (AvgIpc) is 2.52. The van der Waals surface area contributed by atoms with Gasteiger partial charge in [0.1, 0.15) is 0 Å². The van der Waals surface area contributed by atoms with Crippen molar-refractivity contribution in [1.82, 2.24) is 0 Å². The molecule has 0 aliphatic heterocycles. The normalized spacial score (nSPS) is 14.1. The van der Waals surface area contributed by atoms with Gasteiger partial charge in [-0.1, -0.05) is 78.1 Å². The second-order valence-electron chi connectivity index (χ2n) is 7.11. The predicted molar refractivity (Wildman–Crippen MR) is 100 cm³/mol. The zero-order valence-corrected chi connectivity index (χ0v) is 20.8. The average molecular weight is 403 g/mol. The van der Waals surface area contributed by atoms with Crippen molar-refractivity contribution in [2.75, 3.05) is 0 Å². The van der Waals surface area contributed by atoms with E-state index in [0.29, 0.717) is 25.7 Å². The summed E-state index contributed by atoms with van der Waals surface area (Å²) >= 11 is 0. The molecule has 0 aliphatic carbocycles. The summed E-state index contributed by atoms with van der Waals surface area (Å²) < 4.78 is 34.2. The van der Waals surface area contributed by atoms with Gasteiger partial charge in [0.05, 0.1) is 16.2 Å². The smallest absolute Gasteiger partial charge is 0.748 e. The summed E-state index contributed by atoms with van der Waals surface area (Å²) in [5.41, 5.74) is 0. The van der Waals surface area contributed by atoms with Crippen LogP contribution >= 0.6 is 0 Å². The Hall–Kier alpha value is 1.51. The van der Waals surface area contributed by atoms with E-state index >= 15 is 0 Å². The summed E-state index contributed by atoms with van der Waals surface area (Å²) in [6.45, 7) is 4.28. The van der Waals surface area contributed by atoms with Crippen molar-refractivity contribution in [3.05, 3.63) is 0 Å². The van der Waals surface area contributed by atoms with Gasteiger partial charge in [0.2, 0.25) is 0 Å². The van der Waals surface area contributed by atoms with Gasteiger partial charge in [0.25, 0.3) is 0 Å². The second kappa shape index (κ2) is 18.9. The minimum Gasteiger partial charge on any atom is -0.748 e. The molecule has 0 saturated heterocycles. The van der Waals surface area contributed by atoms with Crippen LogP contribution in [0, 0.1) is 0 Å². The number of aliphatic hydroxyl groups is 1. The van der Waals surface area contributed by atoms with Gasteiger partial charge >= 0.3 is 51.4 Å². The molecule has 0 aliphatic rings. The summed E-state index contributed by atoms with van der Waals surface area (Å²) in [7, 11) is -4.22. The van der Waals surface area contributed by atoms with Crippen molar-refractivity contribution in [1.29, 1.82) is 0 Å². The molecule has 1 N–H and O–H groups in total. The molecule has 0 radical (unpaired) electrons. The molecule has 0 heterocycles. The van der Waals surface area contributed by atoms with Crippen molar-refractivity contribution in [3.8, 4) is 0 Å². The van der Waals surface area contributed by atoms with E-state index in [2.05, 4.69) is 13.8 Å². The molecule has 6 heteroatoms. The molecule has 0 aromatic rings. The van der Waals surface area contributed by atoms with Gasteiger partial charge in [0, 0.05) is 5.25 Å². The minimum absolute atomic E-state index is 0. The van der Waals surface area contributed by atoms with Crippen LogP contribution in [0.5, 0.6) is 0 Å². The van der Waals surface area contributed by atoms with Gasteiger partial charge < -0.3 is 9.66 Å². The molecule has 146 valence electrons. The molecule has 0 bridgehead atoms. The van der Waals surface area contributed by atoms with Crippen molar-refractivity contribution in [2.45, 2.75) is 122 Å². The van der Waals surface area contributed by atoms with Crippen molar-refractivity contribution in [2.24, 2.45) is 0 Å². The quantitative estimate of drug-likeness (QED) is 0.230. The molecule has 2 unspecified atom stereocenters. The molecule has 25 heavy (non-hydrogen) atoms. The molecular formula is C19H39KO4S. The first kappa shape index (κ1) is 28.7. The first-order valence-corrected chi connectivity index (χ1v) is 11.5. The van der Waals surface area contributed by atoms with Gasteiger partial charge in [-0.15, -0.1) is 0 Å². The summed E-state index contributed by atoms with van der Waals surface area (Å²) in [6, 6.07) is 0. The van der Waals surface area contributed by atoms with E-state index in [1.165, 1.54) is 32.1 Å². The van der Waals surface area contributed by atoms with E-state index in [4.69, 9.17) is 0 Å². The second-order valence-corrected chi connectivity index (χ2v) is 8.76. The van der Waals surface area contributed by atoms with Gasteiger partial charge in [-0.25, -0.2) is 8.42 Å². The van der Waals surface area contributed by atoms with Crippen LogP contribution in [0.3, 0.4) is 0 Å². The molecule has 2 atom stereocenters. The Morgan fingerprint density at radius 3 is 1.68 bits per heavy atom. The van der Waals surface area contributed by atoms with Gasteiger partial charge in [-0.2, -0.15) is 0 Å². The van der Waals surface area contributed by atoms with Crippen LogP contribution in [0.15, 0.2) is 0 Å². The van der Waals surface area contributed by atoms with E-state index in [9.17, 15) is 18.1 Å². The summed E-state index contributed by atoms with van der Waals surface area (Å²) in [5, 5.41) is 9.04. The van der Waals surface area contributed by atoms with Crippen LogP contribution < -0.4 is 51.4 Å². The van der Waals surface area contributed by atoms with Crippen LogP contribution in [0.4, 0.5) is 0 Å². The topological polar surface area (TPSA) is 77.4 Å². The number of hydrogen-bond donors (Lipinski definition) is 1. The molecular weight excluding hydrogens is 363 g/mol. The molecule has 0 rings (SSSR count). The van der Waals surface area contributed by atoms with Crippen LogP contribution in [-0.2, 0) is 10.1 Å². The number of unbranched alkanes of at least 4 members (excludes halogenated alkanes) is 8. The number of rotatable bonds is 17. The van der Waals surface area contributed by atoms with Crippen LogP contribution in [-0.4, -0.2) is 29.4 Å². The third kappa shape index (κ3) is 18.6. The third-order valence-electron chi connectivity index (χ3n) is 4.74. The monoisotopic (exact) mass is 402 g/mol. The zero-order chi connectivity index (χ0) is 18.3. The number of hydrogen-bond acceptors (Lipinski definition) is 4. The number of aliphatic hydroxyl groups excluding tert-OH is 1. The Kier molecular flexibility index (Phi) is 21.7. The van der Waals surface area contributed by atoms with Gasteiger partial charge in [-0.3, -0.25) is 0 Å². The maximum Gasteiger partial charge on any atom is 1.00 e. The largest absolute Gasteiger partial charge is 1.00 e. The summed E-state index contributed by atoms with van der Waals surface area (Å²) in [4.78, 5) is 0. The first-order chi connectivity index (χ1) is 11.4. The molecule has 0 aromatic carbocycles. The molecule has 0 amide bonds. The van der Waals surface area contributed by atoms with Gasteiger partial charge in [-0.05, 0) is 32.1 Å². The first-order valence-electron chi connectivity index (χ1n) is 10.0. The van der Waals surface area contributed by atoms with E-state index in [-0.39, 0.29) is 57.5 Å². The molecule has 0 saturated carbocycles. The molecule has 4 nitrogen and oxygen atoms in total. The van der Waals surface area contributed by atoms with Crippen LogP contribution in [0.2, 0.25) is 0 Å². The zero-order valence-electron chi connectivity index (χ0n) is 16.8. The Labute approximate surface area is 199 Å². The SMILES string of the molecule is CCCCCCCCCCC(CCCC(O)CCCC)S(=O)(=O)[O-].[K+]. The summed E-state index contributed by atoms with van der Waals surface area (Å²) in [5.74, 6) is 0. The summed E-state index contributed by atoms with van der Waals surface area (Å²) in [6.07, 6.45) is 13.8. The van der Waals surface area contributed by atoms with Crippen LogP contribution in [0.25, 0.3) is 0 Å². The standard InChI is InChI=1S/C19H40O4S.K/c1-3-5-7-8-9-10-11-12-16-19(24(21,22)23)17-13-15-18(20)14-6-4-2;/h18-20H,3-17H2,1-2H3,(H,21,22,23);/q;+1/p-1. The third-order valence-corrected chi connectivity index (χ3v) is 6.03. The fraction of sp³-hybridized carbons (Fsp3) is 1.00. The fourth-order valence-electron chi connectivity index (χ4n) is 3.10. The van der Waals surface area contributed by atoms with Crippen molar-refractivity contribution in [3.63, 3.8) is 0 Å². The molecule has 0 aromatic heterocycles. The molecule has 0 fully saturated rings. The van der Waals surface area contributed by atoms with Gasteiger partial charge in [0.15, 0.2) is 0 Å². The Balaban J connectivity index is 0. The van der Waals surface area contributed by atoms with E-state index in [1.807, 2.05) is 0 Å². The minimum atomic E-state index is -4.22. The maximum atomic E-state index is 11.4. The maximum absolute atomic E-state index is 11.4. The van der Waals surface area contributed by atoms with Crippen molar-refractivity contribution < 1.29 is 69.5 Å². The van der Waals surface area contributed by atoms with E-state index < -0.39 is 15.4 Å². The Morgan fingerprint density at radius 1 is 0.720 bits per heavy atom. The predicted octanol–water partition coefficient (Wildman–Crippen LogP) is 2.16. The van der Waals surface area contributed by atoms with Crippen LogP contribution in [0.1, 0.15) is 110 Å². The Bertz CT molecular complexity index is 374. The Morgan fingerprint density at radius 2 is 1.16 bits per heavy atom. The fourth-order valence-corrected chi connectivity index (χ4v) is 4.01.